The lowest BCUT2D eigenvalue weighted by Gasteiger charge is -2.33. The van der Waals surface area contributed by atoms with E-state index < -0.39 is 11.6 Å². The van der Waals surface area contributed by atoms with E-state index in [9.17, 15) is 8.78 Å². The normalized spacial score (nSPS) is 20.2. The maximum Gasteiger partial charge on any atom is 0.145 e. The highest BCUT2D eigenvalue weighted by Gasteiger charge is 2.25. The zero-order valence-electron chi connectivity index (χ0n) is 13.4. The van der Waals surface area contributed by atoms with Crippen LogP contribution in [0.5, 0.6) is 0 Å². The summed E-state index contributed by atoms with van der Waals surface area (Å²) in [4.78, 5) is 0. The second kappa shape index (κ2) is 6.36. The minimum Gasteiger partial charge on any atom is -0.385 e. The van der Waals surface area contributed by atoms with E-state index in [2.05, 4.69) is 11.4 Å². The molecule has 0 bridgehead atoms. The summed E-state index contributed by atoms with van der Waals surface area (Å²) in [7, 11) is 0. The van der Waals surface area contributed by atoms with Gasteiger partial charge < -0.3 is 5.32 Å². The minimum atomic E-state index is -0.724. The average molecular weight is 348 g/mol. The molecule has 1 fully saturated rings. The Morgan fingerprint density at radius 2 is 1.92 bits per heavy atom. The fourth-order valence-electron chi connectivity index (χ4n) is 3.86. The molecule has 2 aromatic carbocycles. The van der Waals surface area contributed by atoms with Crippen LogP contribution in [0.3, 0.4) is 0 Å². The molecule has 0 spiro atoms. The first-order valence-corrected chi connectivity index (χ1v) is 8.99. The number of anilines is 1. The van der Waals surface area contributed by atoms with Crippen molar-refractivity contribution in [3.63, 3.8) is 0 Å². The summed E-state index contributed by atoms with van der Waals surface area (Å²) in [5.41, 5.74) is 3.47. The van der Waals surface area contributed by atoms with Crippen molar-refractivity contribution in [2.75, 3.05) is 11.9 Å². The monoisotopic (exact) mass is 347 g/mol. The zero-order valence-corrected chi connectivity index (χ0v) is 14.2. The van der Waals surface area contributed by atoms with Crippen LogP contribution in [0, 0.1) is 23.5 Å². The molecule has 2 aliphatic rings. The fourth-order valence-corrected chi connectivity index (χ4v) is 4.07. The van der Waals surface area contributed by atoms with E-state index in [0.29, 0.717) is 11.5 Å². The molecule has 2 aromatic rings. The van der Waals surface area contributed by atoms with Gasteiger partial charge in [-0.2, -0.15) is 0 Å². The third-order valence-corrected chi connectivity index (χ3v) is 5.78. The molecule has 1 atom stereocenters. The second-order valence-corrected chi connectivity index (χ2v) is 7.48. The molecule has 1 unspecified atom stereocenters. The van der Waals surface area contributed by atoms with E-state index in [-0.39, 0.29) is 5.02 Å². The molecule has 0 saturated heterocycles. The van der Waals surface area contributed by atoms with Crippen molar-refractivity contribution >= 4 is 17.3 Å². The molecule has 0 aromatic heterocycles. The van der Waals surface area contributed by atoms with Gasteiger partial charge in [-0.3, -0.25) is 0 Å². The van der Waals surface area contributed by atoms with Crippen LogP contribution in [-0.2, 0) is 6.42 Å². The highest BCUT2D eigenvalue weighted by molar-refractivity contribution is 6.33. The van der Waals surface area contributed by atoms with Gasteiger partial charge in [0.2, 0.25) is 0 Å². The van der Waals surface area contributed by atoms with E-state index in [1.165, 1.54) is 37.3 Å². The van der Waals surface area contributed by atoms with E-state index in [1.807, 2.05) is 12.1 Å². The molecule has 4 rings (SSSR count). The summed E-state index contributed by atoms with van der Waals surface area (Å²) in [5, 5.41) is 3.46. The molecule has 24 heavy (non-hydrogen) atoms. The van der Waals surface area contributed by atoms with E-state index in [1.54, 1.807) is 0 Å². The van der Waals surface area contributed by atoms with Gasteiger partial charge in [0.25, 0.3) is 0 Å². The quantitative estimate of drug-likeness (QED) is 0.665. The van der Waals surface area contributed by atoms with Crippen molar-refractivity contribution in [1.29, 1.82) is 0 Å². The molecular weight excluding hydrogens is 328 g/mol. The van der Waals surface area contributed by atoms with Crippen LogP contribution in [0.2, 0.25) is 5.02 Å². The molecule has 1 saturated carbocycles. The Balaban J connectivity index is 1.58. The maximum atomic E-state index is 13.7. The first-order valence-electron chi connectivity index (χ1n) is 8.62. The second-order valence-electron chi connectivity index (χ2n) is 7.10. The van der Waals surface area contributed by atoms with Crippen molar-refractivity contribution < 1.29 is 8.78 Å². The van der Waals surface area contributed by atoms with Crippen molar-refractivity contribution in [3.8, 4) is 11.1 Å². The summed E-state index contributed by atoms with van der Waals surface area (Å²) < 4.78 is 27.2. The summed E-state index contributed by atoms with van der Waals surface area (Å²) >= 11 is 6.02. The van der Waals surface area contributed by atoms with Crippen LogP contribution in [-0.4, -0.2) is 6.54 Å². The summed E-state index contributed by atoms with van der Waals surface area (Å²) in [6, 6.07) is 8.02. The van der Waals surface area contributed by atoms with E-state index >= 15 is 0 Å². The molecular formula is C20H20ClF2N. The van der Waals surface area contributed by atoms with Crippen LogP contribution in [0.25, 0.3) is 11.1 Å². The Morgan fingerprint density at radius 3 is 2.67 bits per heavy atom. The molecule has 126 valence electrons. The van der Waals surface area contributed by atoms with Gasteiger partial charge in [0, 0.05) is 23.9 Å². The first-order chi connectivity index (χ1) is 11.6. The van der Waals surface area contributed by atoms with Gasteiger partial charge in [0.1, 0.15) is 11.6 Å². The van der Waals surface area contributed by atoms with Gasteiger partial charge in [-0.25, -0.2) is 8.78 Å². The van der Waals surface area contributed by atoms with Gasteiger partial charge in [-0.1, -0.05) is 43.0 Å². The fraction of sp³-hybridized carbons (Fsp3) is 0.400. The van der Waals surface area contributed by atoms with Crippen LogP contribution in [0.1, 0.15) is 31.2 Å². The molecule has 1 aliphatic carbocycles. The average Bonchev–Trinajstić information content (AvgIpc) is 2.54. The maximum absolute atomic E-state index is 13.7. The molecule has 0 amide bonds. The lowest BCUT2D eigenvalue weighted by molar-refractivity contribution is 0.251. The Hall–Kier alpha value is -1.61. The molecule has 1 N–H and O–H groups in total. The van der Waals surface area contributed by atoms with Crippen molar-refractivity contribution in [1.82, 2.24) is 0 Å². The molecule has 1 heterocycles. The Bertz CT molecular complexity index is 770. The topological polar surface area (TPSA) is 12.0 Å². The van der Waals surface area contributed by atoms with Gasteiger partial charge in [0.15, 0.2) is 0 Å². The number of rotatable bonds is 3. The van der Waals surface area contributed by atoms with Crippen LogP contribution < -0.4 is 5.32 Å². The standard InChI is InChI=1S/C20H20ClF2N/c21-20-17(9-16(22)10-18(20)23)14-4-5-15-7-13(6-12-2-1-3-12)11-24-19(15)8-14/h4-5,8-10,12-13,24H,1-3,6-7,11H2. The van der Waals surface area contributed by atoms with Crippen LogP contribution in [0.4, 0.5) is 14.5 Å². The van der Waals surface area contributed by atoms with Crippen molar-refractivity contribution in [3.05, 3.63) is 52.6 Å². The van der Waals surface area contributed by atoms with Gasteiger partial charge in [0.05, 0.1) is 5.02 Å². The molecule has 0 radical (unpaired) electrons. The number of halogens is 3. The number of nitrogens with one attached hydrogen (secondary N) is 1. The number of fused-ring (bicyclic) bond motifs is 1. The van der Waals surface area contributed by atoms with Crippen LogP contribution in [0.15, 0.2) is 30.3 Å². The number of hydrogen-bond donors (Lipinski definition) is 1. The lowest BCUT2D eigenvalue weighted by atomic mass is 9.76. The van der Waals surface area contributed by atoms with E-state index in [4.69, 9.17) is 11.6 Å². The van der Waals surface area contributed by atoms with Crippen LogP contribution >= 0.6 is 11.6 Å². The Labute approximate surface area is 146 Å². The highest BCUT2D eigenvalue weighted by Crippen LogP contribution is 2.38. The molecule has 4 heteroatoms. The highest BCUT2D eigenvalue weighted by atomic mass is 35.5. The summed E-state index contributed by atoms with van der Waals surface area (Å²) in [6.45, 7) is 0.970. The third kappa shape index (κ3) is 3.02. The summed E-state index contributed by atoms with van der Waals surface area (Å²) in [5.74, 6) is 0.256. The van der Waals surface area contributed by atoms with Crippen molar-refractivity contribution in [2.24, 2.45) is 11.8 Å². The molecule has 1 nitrogen and oxygen atoms in total. The Morgan fingerprint density at radius 1 is 1.08 bits per heavy atom. The predicted octanol–water partition coefficient (Wildman–Crippen LogP) is 6.06. The number of benzene rings is 2. The SMILES string of the molecule is Fc1cc(F)c(Cl)c(-c2ccc3c(c2)NCC(CC2CCC2)C3)c1. The van der Waals surface area contributed by atoms with E-state index in [0.717, 1.165) is 36.2 Å². The third-order valence-electron chi connectivity index (χ3n) is 5.40. The smallest absolute Gasteiger partial charge is 0.145 e. The zero-order chi connectivity index (χ0) is 16.7. The predicted molar refractivity (Wildman–Crippen MR) is 94.4 cm³/mol. The molecule has 1 aliphatic heterocycles. The van der Waals surface area contributed by atoms with Crippen molar-refractivity contribution in [2.45, 2.75) is 32.1 Å². The lowest BCUT2D eigenvalue weighted by Crippen LogP contribution is -2.27. The Kier molecular flexibility index (Phi) is 4.21. The summed E-state index contributed by atoms with van der Waals surface area (Å²) in [6.07, 6.45) is 6.52. The van der Waals surface area contributed by atoms with Gasteiger partial charge in [-0.15, -0.1) is 0 Å². The first kappa shape index (κ1) is 15.9. The van der Waals surface area contributed by atoms with Gasteiger partial charge in [-0.05, 0) is 47.9 Å². The van der Waals surface area contributed by atoms with Gasteiger partial charge >= 0.3 is 0 Å². The largest absolute Gasteiger partial charge is 0.385 e. The number of hydrogen-bond acceptors (Lipinski definition) is 1. The minimum absolute atomic E-state index is 0.0324.